The zero-order valence-corrected chi connectivity index (χ0v) is 16.4. The highest BCUT2D eigenvalue weighted by Gasteiger charge is 2.16. The summed E-state index contributed by atoms with van der Waals surface area (Å²) in [6.07, 6.45) is 4.43. The van der Waals surface area contributed by atoms with Crippen LogP contribution in [-0.2, 0) is 22.4 Å². The molecule has 28 heavy (non-hydrogen) atoms. The van der Waals surface area contributed by atoms with Gasteiger partial charge >= 0.3 is 12.1 Å². The number of pyridine rings is 1. The first-order valence-electron chi connectivity index (χ1n) is 9.14. The van der Waals surface area contributed by atoms with Crippen molar-refractivity contribution in [2.24, 2.45) is 0 Å². The summed E-state index contributed by atoms with van der Waals surface area (Å²) in [7, 11) is 0. The van der Waals surface area contributed by atoms with E-state index in [1.54, 1.807) is 45.2 Å². The summed E-state index contributed by atoms with van der Waals surface area (Å²) >= 11 is 0. The Bertz CT molecular complexity index is 822. The molecule has 148 valence electrons. The van der Waals surface area contributed by atoms with E-state index in [4.69, 9.17) is 4.74 Å². The molecular weight excluding hydrogens is 356 g/mol. The number of carbonyl (C=O) groups excluding carboxylic acids is 1. The van der Waals surface area contributed by atoms with Crippen LogP contribution >= 0.6 is 0 Å². The van der Waals surface area contributed by atoms with E-state index < -0.39 is 17.7 Å². The maximum absolute atomic E-state index is 11.8. The Balaban J connectivity index is 1.94. The second kappa shape index (κ2) is 9.69. The van der Waals surface area contributed by atoms with Gasteiger partial charge in [-0.3, -0.25) is 5.32 Å². The zero-order valence-electron chi connectivity index (χ0n) is 16.4. The topological polar surface area (TPSA) is 88.5 Å². The first kappa shape index (κ1) is 21.2. The van der Waals surface area contributed by atoms with Crippen LogP contribution in [0.2, 0.25) is 0 Å². The summed E-state index contributed by atoms with van der Waals surface area (Å²) in [5, 5.41) is 12.0. The first-order chi connectivity index (χ1) is 13.2. The number of carboxylic acid groups (broad SMARTS) is 1. The second-order valence-corrected chi connectivity index (χ2v) is 7.41. The fourth-order valence-electron chi connectivity index (χ4n) is 2.52. The predicted octanol–water partition coefficient (Wildman–Crippen LogP) is 4.61. The maximum atomic E-state index is 11.8. The number of anilines is 1. The molecular formula is C22H26N2O4. The number of benzene rings is 1. The van der Waals surface area contributed by atoms with E-state index in [0.717, 1.165) is 12.0 Å². The van der Waals surface area contributed by atoms with Gasteiger partial charge in [0.25, 0.3) is 0 Å². The molecule has 0 saturated heterocycles. The van der Waals surface area contributed by atoms with Crippen LogP contribution in [0.15, 0.2) is 60.3 Å². The summed E-state index contributed by atoms with van der Waals surface area (Å²) in [4.78, 5) is 27.4. The third kappa shape index (κ3) is 7.61. The second-order valence-electron chi connectivity index (χ2n) is 7.41. The van der Waals surface area contributed by atoms with Crippen LogP contribution < -0.4 is 5.32 Å². The number of aromatic nitrogens is 1. The highest BCUT2D eigenvalue weighted by atomic mass is 16.6. The number of amides is 1. The smallest absolute Gasteiger partial charge is 0.413 e. The minimum atomic E-state index is -0.941. The number of rotatable bonds is 7. The summed E-state index contributed by atoms with van der Waals surface area (Å²) in [5.74, 6) is -0.591. The molecule has 0 aliphatic carbocycles. The van der Waals surface area contributed by atoms with Gasteiger partial charge in [-0.25, -0.2) is 14.6 Å². The van der Waals surface area contributed by atoms with Crippen molar-refractivity contribution in [3.8, 4) is 0 Å². The van der Waals surface area contributed by atoms with Gasteiger partial charge in [0.05, 0.1) is 0 Å². The number of nitrogens with one attached hydrogen (secondary N) is 1. The van der Waals surface area contributed by atoms with Crippen molar-refractivity contribution in [2.45, 2.75) is 45.6 Å². The van der Waals surface area contributed by atoms with Gasteiger partial charge in [-0.05, 0) is 50.8 Å². The van der Waals surface area contributed by atoms with Gasteiger partial charge in [-0.1, -0.05) is 42.5 Å². The molecule has 1 aromatic carbocycles. The molecule has 2 N–H and O–H groups in total. The Morgan fingerprint density at radius 2 is 1.82 bits per heavy atom. The van der Waals surface area contributed by atoms with Crippen LogP contribution in [-0.4, -0.2) is 27.8 Å². The molecule has 0 atom stereocenters. The molecule has 1 heterocycles. The van der Waals surface area contributed by atoms with Crippen molar-refractivity contribution in [1.82, 2.24) is 4.98 Å². The SMILES string of the molecule is CC(C)(C)OC(=O)Nc1ccc(C/C(=C/CCc2ccccc2)C(=O)O)cn1. The summed E-state index contributed by atoms with van der Waals surface area (Å²) in [5.41, 5.74) is 1.65. The number of hydrogen-bond acceptors (Lipinski definition) is 4. The van der Waals surface area contributed by atoms with Gasteiger partial charge < -0.3 is 9.84 Å². The molecule has 0 aliphatic heterocycles. The molecule has 0 unspecified atom stereocenters. The Kier molecular flexibility index (Phi) is 7.32. The van der Waals surface area contributed by atoms with E-state index in [9.17, 15) is 14.7 Å². The molecule has 0 bridgehead atoms. The fourth-order valence-corrected chi connectivity index (χ4v) is 2.52. The monoisotopic (exact) mass is 382 g/mol. The Labute approximate surface area is 165 Å². The minimum Gasteiger partial charge on any atom is -0.478 e. The van der Waals surface area contributed by atoms with Gasteiger partial charge in [0.1, 0.15) is 11.4 Å². The molecule has 2 aromatic rings. The third-order valence-corrected chi connectivity index (χ3v) is 3.79. The van der Waals surface area contributed by atoms with E-state index in [1.807, 2.05) is 30.3 Å². The van der Waals surface area contributed by atoms with E-state index in [1.165, 1.54) is 5.56 Å². The Morgan fingerprint density at radius 3 is 2.39 bits per heavy atom. The van der Waals surface area contributed by atoms with E-state index in [0.29, 0.717) is 17.8 Å². The zero-order chi connectivity index (χ0) is 20.6. The number of carbonyl (C=O) groups is 2. The lowest BCUT2D eigenvalue weighted by atomic mass is 10.0. The molecule has 6 nitrogen and oxygen atoms in total. The highest BCUT2D eigenvalue weighted by molar-refractivity contribution is 5.87. The Morgan fingerprint density at radius 1 is 1.11 bits per heavy atom. The first-order valence-corrected chi connectivity index (χ1v) is 9.14. The average molecular weight is 382 g/mol. The number of carboxylic acids is 1. The molecule has 1 amide bonds. The highest BCUT2D eigenvalue weighted by Crippen LogP contribution is 2.14. The van der Waals surface area contributed by atoms with Crippen molar-refractivity contribution in [3.05, 3.63) is 71.4 Å². The number of aliphatic carboxylic acids is 1. The van der Waals surface area contributed by atoms with Gasteiger partial charge in [0.2, 0.25) is 0 Å². The van der Waals surface area contributed by atoms with E-state index in [2.05, 4.69) is 10.3 Å². The van der Waals surface area contributed by atoms with Gasteiger partial charge in [-0.2, -0.15) is 0 Å². The van der Waals surface area contributed by atoms with Crippen LogP contribution in [0.5, 0.6) is 0 Å². The molecule has 1 aromatic heterocycles. The fraction of sp³-hybridized carbons (Fsp3) is 0.318. The van der Waals surface area contributed by atoms with E-state index >= 15 is 0 Å². The van der Waals surface area contributed by atoms with Crippen LogP contribution in [0.25, 0.3) is 0 Å². The molecule has 0 saturated carbocycles. The minimum absolute atomic E-state index is 0.268. The normalized spacial score (nSPS) is 11.8. The number of aryl methyl sites for hydroxylation is 1. The van der Waals surface area contributed by atoms with Crippen molar-refractivity contribution in [2.75, 3.05) is 5.32 Å². The van der Waals surface area contributed by atoms with Crippen molar-refractivity contribution >= 4 is 17.9 Å². The maximum Gasteiger partial charge on any atom is 0.413 e. The largest absolute Gasteiger partial charge is 0.478 e. The number of allylic oxidation sites excluding steroid dienone is 1. The molecule has 6 heteroatoms. The summed E-state index contributed by atoms with van der Waals surface area (Å²) in [6.45, 7) is 5.34. The van der Waals surface area contributed by atoms with Crippen LogP contribution in [0.3, 0.4) is 0 Å². The number of hydrogen-bond donors (Lipinski definition) is 2. The van der Waals surface area contributed by atoms with Crippen LogP contribution in [0.4, 0.5) is 10.6 Å². The number of nitrogens with zero attached hydrogens (tertiary/aromatic N) is 1. The van der Waals surface area contributed by atoms with E-state index in [-0.39, 0.29) is 6.42 Å². The lowest BCUT2D eigenvalue weighted by molar-refractivity contribution is -0.132. The van der Waals surface area contributed by atoms with Gasteiger partial charge in [0, 0.05) is 18.2 Å². The molecule has 0 fully saturated rings. The summed E-state index contributed by atoms with van der Waals surface area (Å²) < 4.78 is 5.17. The standard InChI is InChI=1S/C22H26N2O4/c1-22(2,3)28-21(27)24-19-13-12-17(15-23-19)14-18(20(25)26)11-7-10-16-8-5-4-6-9-16/h4-6,8-9,11-13,15H,7,10,14H2,1-3H3,(H,25,26)(H,23,24,27)/b18-11-. The summed E-state index contributed by atoms with van der Waals surface area (Å²) in [6, 6.07) is 13.3. The molecule has 0 aliphatic rings. The molecule has 2 rings (SSSR count). The van der Waals surface area contributed by atoms with Crippen molar-refractivity contribution in [3.63, 3.8) is 0 Å². The third-order valence-electron chi connectivity index (χ3n) is 3.79. The van der Waals surface area contributed by atoms with Crippen LogP contribution in [0.1, 0.15) is 38.3 Å². The number of ether oxygens (including phenoxy) is 1. The predicted molar refractivity (Wildman–Crippen MR) is 108 cm³/mol. The van der Waals surface area contributed by atoms with Crippen LogP contribution in [0, 0.1) is 0 Å². The van der Waals surface area contributed by atoms with Gasteiger partial charge in [0.15, 0.2) is 0 Å². The Hall–Kier alpha value is -3.15. The quantitative estimate of drug-likeness (QED) is 0.683. The van der Waals surface area contributed by atoms with Gasteiger partial charge in [-0.15, -0.1) is 0 Å². The average Bonchev–Trinajstić information content (AvgIpc) is 2.61. The molecule has 0 spiro atoms. The lowest BCUT2D eigenvalue weighted by Crippen LogP contribution is -2.27. The van der Waals surface area contributed by atoms with Crippen molar-refractivity contribution < 1.29 is 19.4 Å². The molecule has 0 radical (unpaired) electrons. The lowest BCUT2D eigenvalue weighted by Gasteiger charge is -2.19. The van der Waals surface area contributed by atoms with Crippen molar-refractivity contribution in [1.29, 1.82) is 0 Å².